The van der Waals surface area contributed by atoms with Gasteiger partial charge in [-0.3, -0.25) is 4.99 Å². The van der Waals surface area contributed by atoms with Crippen molar-refractivity contribution in [1.29, 1.82) is 0 Å². The second kappa shape index (κ2) is 13.5. The Morgan fingerprint density at radius 1 is 1.04 bits per heavy atom. The van der Waals surface area contributed by atoms with Crippen LogP contribution < -0.4 is 10.6 Å². The maximum Gasteiger partial charge on any atom is 0.190 e. The van der Waals surface area contributed by atoms with Crippen LogP contribution in [0.2, 0.25) is 0 Å². The van der Waals surface area contributed by atoms with Crippen molar-refractivity contribution < 1.29 is 4.74 Å². The minimum atomic E-state index is 0.138. The first kappa shape index (κ1) is 22.7. The van der Waals surface area contributed by atoms with Crippen LogP contribution in [0.25, 0.3) is 0 Å². The highest BCUT2D eigenvalue weighted by atomic mass is 16.5. The van der Waals surface area contributed by atoms with Gasteiger partial charge in [0.05, 0.1) is 6.10 Å². The van der Waals surface area contributed by atoms with Crippen molar-refractivity contribution >= 4 is 5.96 Å². The first-order chi connectivity index (χ1) is 13.7. The van der Waals surface area contributed by atoms with Gasteiger partial charge in [-0.05, 0) is 45.3 Å². The summed E-state index contributed by atoms with van der Waals surface area (Å²) in [5.74, 6) is 0.885. The Labute approximate surface area is 171 Å². The van der Waals surface area contributed by atoms with Gasteiger partial charge < -0.3 is 25.2 Å². The molecule has 0 amide bonds. The fourth-order valence-corrected chi connectivity index (χ4v) is 3.32. The molecule has 6 heteroatoms. The van der Waals surface area contributed by atoms with Crippen molar-refractivity contribution in [3.8, 4) is 0 Å². The van der Waals surface area contributed by atoms with E-state index in [0.717, 1.165) is 32.1 Å². The lowest BCUT2D eigenvalue weighted by Gasteiger charge is -2.32. The molecule has 1 aromatic rings. The first-order valence-electron chi connectivity index (χ1n) is 10.7. The minimum absolute atomic E-state index is 0.138. The SMILES string of the molecule is CN=C(NCCCCN1CCN(C)CC1)NCCCOC(C)c1ccccc1. The van der Waals surface area contributed by atoms with Gasteiger partial charge in [-0.25, -0.2) is 0 Å². The molecule has 1 aromatic carbocycles. The van der Waals surface area contributed by atoms with E-state index in [-0.39, 0.29) is 6.10 Å². The molecule has 1 heterocycles. The van der Waals surface area contributed by atoms with Crippen molar-refractivity contribution in [2.75, 3.05) is 66.5 Å². The van der Waals surface area contributed by atoms with Gasteiger partial charge in [0, 0.05) is 52.9 Å². The Morgan fingerprint density at radius 2 is 1.71 bits per heavy atom. The molecule has 0 radical (unpaired) electrons. The van der Waals surface area contributed by atoms with E-state index in [4.69, 9.17) is 4.74 Å². The van der Waals surface area contributed by atoms with E-state index in [1.54, 1.807) is 0 Å². The molecular weight excluding hydrogens is 350 g/mol. The van der Waals surface area contributed by atoms with E-state index in [1.807, 2.05) is 13.1 Å². The lowest BCUT2D eigenvalue weighted by atomic mass is 10.1. The van der Waals surface area contributed by atoms with Crippen molar-refractivity contribution in [1.82, 2.24) is 20.4 Å². The topological polar surface area (TPSA) is 52.1 Å². The molecule has 1 atom stereocenters. The van der Waals surface area contributed by atoms with Crippen molar-refractivity contribution in [3.63, 3.8) is 0 Å². The number of benzene rings is 1. The smallest absolute Gasteiger partial charge is 0.190 e. The summed E-state index contributed by atoms with van der Waals surface area (Å²) in [5, 5.41) is 6.78. The zero-order chi connectivity index (χ0) is 20.0. The molecule has 0 aromatic heterocycles. The molecule has 1 unspecified atom stereocenters. The summed E-state index contributed by atoms with van der Waals surface area (Å²) >= 11 is 0. The van der Waals surface area contributed by atoms with Gasteiger partial charge in [0.2, 0.25) is 0 Å². The third kappa shape index (κ3) is 9.04. The second-order valence-corrected chi connectivity index (χ2v) is 7.56. The number of aliphatic imine (C=N–C) groups is 1. The predicted octanol–water partition coefficient (Wildman–Crippen LogP) is 2.35. The van der Waals surface area contributed by atoms with E-state index < -0.39 is 0 Å². The van der Waals surface area contributed by atoms with Crippen LogP contribution in [0.3, 0.4) is 0 Å². The van der Waals surface area contributed by atoms with Crippen LogP contribution in [0.15, 0.2) is 35.3 Å². The Bertz CT molecular complexity index is 543. The Morgan fingerprint density at radius 3 is 2.39 bits per heavy atom. The molecule has 0 saturated carbocycles. The summed E-state index contributed by atoms with van der Waals surface area (Å²) in [6, 6.07) is 10.4. The number of hydrogen-bond donors (Lipinski definition) is 2. The van der Waals surface area contributed by atoms with E-state index in [9.17, 15) is 0 Å². The molecule has 1 aliphatic heterocycles. The van der Waals surface area contributed by atoms with Gasteiger partial charge in [-0.15, -0.1) is 0 Å². The van der Waals surface area contributed by atoms with Gasteiger partial charge in [0.15, 0.2) is 5.96 Å². The molecule has 1 fully saturated rings. The summed E-state index contributed by atoms with van der Waals surface area (Å²) in [6.45, 7) is 10.7. The summed E-state index contributed by atoms with van der Waals surface area (Å²) in [7, 11) is 4.03. The summed E-state index contributed by atoms with van der Waals surface area (Å²) in [4.78, 5) is 9.28. The Kier molecular flexibility index (Phi) is 10.9. The molecule has 6 nitrogen and oxygen atoms in total. The van der Waals surface area contributed by atoms with Gasteiger partial charge in [-0.2, -0.15) is 0 Å². The van der Waals surface area contributed by atoms with Gasteiger partial charge in [-0.1, -0.05) is 30.3 Å². The maximum atomic E-state index is 5.91. The third-order valence-corrected chi connectivity index (χ3v) is 5.26. The quantitative estimate of drug-likeness (QED) is 0.346. The first-order valence-corrected chi connectivity index (χ1v) is 10.7. The second-order valence-electron chi connectivity index (χ2n) is 7.56. The van der Waals surface area contributed by atoms with Gasteiger partial charge in [0.25, 0.3) is 0 Å². The summed E-state index contributed by atoms with van der Waals surface area (Å²) in [6.07, 6.45) is 3.50. The number of ether oxygens (including phenoxy) is 1. The molecule has 2 N–H and O–H groups in total. The van der Waals surface area contributed by atoms with Crippen molar-refractivity contribution in [2.45, 2.75) is 32.3 Å². The van der Waals surface area contributed by atoms with Crippen molar-refractivity contribution in [2.24, 2.45) is 4.99 Å². The van der Waals surface area contributed by atoms with E-state index in [1.165, 1.54) is 51.1 Å². The zero-order valence-corrected chi connectivity index (χ0v) is 18.0. The standard InChI is InChI=1S/C22H39N5O/c1-20(21-10-5-4-6-11-21)28-19-9-13-25-22(23-2)24-12-7-8-14-27-17-15-26(3)16-18-27/h4-6,10-11,20H,7-9,12-19H2,1-3H3,(H2,23,24,25). The third-order valence-electron chi connectivity index (χ3n) is 5.26. The van der Waals surface area contributed by atoms with Crippen LogP contribution in [0.4, 0.5) is 0 Å². The number of guanidine groups is 1. The number of unbranched alkanes of at least 4 members (excludes halogenated alkanes) is 1. The van der Waals surface area contributed by atoms with Crippen LogP contribution in [0.5, 0.6) is 0 Å². The lowest BCUT2D eigenvalue weighted by Crippen LogP contribution is -2.44. The monoisotopic (exact) mass is 389 g/mol. The van der Waals surface area contributed by atoms with Crippen LogP contribution in [0.1, 0.15) is 37.9 Å². The highest BCUT2D eigenvalue weighted by Gasteiger charge is 2.12. The number of nitrogens with zero attached hydrogens (tertiary/aromatic N) is 3. The molecule has 28 heavy (non-hydrogen) atoms. The molecular formula is C22H39N5O. The molecule has 0 bridgehead atoms. The largest absolute Gasteiger partial charge is 0.374 e. The normalized spacial score (nSPS) is 17.5. The van der Waals surface area contributed by atoms with Crippen molar-refractivity contribution in [3.05, 3.63) is 35.9 Å². The van der Waals surface area contributed by atoms with Gasteiger partial charge >= 0.3 is 0 Å². The lowest BCUT2D eigenvalue weighted by molar-refractivity contribution is 0.0646. The average Bonchev–Trinajstić information content (AvgIpc) is 2.73. The Balaban J connectivity index is 1.46. The average molecular weight is 390 g/mol. The minimum Gasteiger partial charge on any atom is -0.374 e. The number of hydrogen-bond acceptors (Lipinski definition) is 4. The zero-order valence-electron chi connectivity index (χ0n) is 18.0. The Hall–Kier alpha value is -1.63. The number of nitrogens with one attached hydrogen (secondary N) is 2. The fraction of sp³-hybridized carbons (Fsp3) is 0.682. The molecule has 1 aliphatic rings. The molecule has 0 aliphatic carbocycles. The van der Waals surface area contributed by atoms with E-state index >= 15 is 0 Å². The van der Waals surface area contributed by atoms with Crippen LogP contribution in [0, 0.1) is 0 Å². The number of likely N-dealkylation sites (N-methyl/N-ethyl adjacent to an activating group) is 1. The number of piperazine rings is 1. The highest BCUT2D eigenvalue weighted by molar-refractivity contribution is 5.79. The van der Waals surface area contributed by atoms with Crippen LogP contribution >= 0.6 is 0 Å². The summed E-state index contributed by atoms with van der Waals surface area (Å²) in [5.41, 5.74) is 1.23. The van der Waals surface area contributed by atoms with E-state index in [0.29, 0.717) is 0 Å². The summed E-state index contributed by atoms with van der Waals surface area (Å²) < 4.78 is 5.91. The highest BCUT2D eigenvalue weighted by Crippen LogP contribution is 2.15. The maximum absolute atomic E-state index is 5.91. The fourth-order valence-electron chi connectivity index (χ4n) is 3.32. The van der Waals surface area contributed by atoms with Crippen LogP contribution in [-0.4, -0.2) is 82.3 Å². The molecule has 0 spiro atoms. The predicted molar refractivity (Wildman–Crippen MR) is 118 cm³/mol. The number of rotatable bonds is 11. The molecule has 158 valence electrons. The van der Waals surface area contributed by atoms with Crippen LogP contribution in [-0.2, 0) is 4.74 Å². The van der Waals surface area contributed by atoms with E-state index in [2.05, 4.69) is 63.7 Å². The molecule has 2 rings (SSSR count). The van der Waals surface area contributed by atoms with Gasteiger partial charge in [0.1, 0.15) is 0 Å². The molecule has 1 saturated heterocycles.